The number of hydrogen-bond donors (Lipinski definition) is 1. The number of aryl methyl sites for hydroxylation is 2. The second-order valence-corrected chi connectivity index (χ2v) is 7.79. The molecule has 2 aromatic rings. The summed E-state index contributed by atoms with van der Waals surface area (Å²) < 4.78 is 3.91. The van der Waals surface area contributed by atoms with Gasteiger partial charge in [-0.2, -0.15) is 0 Å². The van der Waals surface area contributed by atoms with Gasteiger partial charge in [-0.25, -0.2) is 0 Å². The molecular formula is C17H22N2O4Se. The van der Waals surface area contributed by atoms with Crippen LogP contribution in [0.25, 0.3) is 0 Å². The normalized spacial score (nSPS) is 10.9. The van der Waals surface area contributed by atoms with Crippen LogP contribution < -0.4 is 25.1 Å². The van der Waals surface area contributed by atoms with Crippen LogP contribution in [0.4, 0.5) is 0 Å². The van der Waals surface area contributed by atoms with Crippen molar-refractivity contribution in [2.24, 2.45) is 7.05 Å². The monoisotopic (exact) mass is 398 g/mol. The summed E-state index contributed by atoms with van der Waals surface area (Å²) in [5, 5.41) is 9.02. The summed E-state index contributed by atoms with van der Waals surface area (Å²) >= 11 is -0.260. The Labute approximate surface area is 146 Å². The number of rotatable bonds is 6. The predicted molar refractivity (Wildman–Crippen MR) is 94.8 cm³/mol. The summed E-state index contributed by atoms with van der Waals surface area (Å²) in [5.74, 6) is 0. The van der Waals surface area contributed by atoms with Crippen LogP contribution >= 0.6 is 0 Å². The van der Waals surface area contributed by atoms with Gasteiger partial charge in [-0.3, -0.25) is 0 Å². The minimum absolute atomic E-state index is 0.00279. The van der Waals surface area contributed by atoms with E-state index in [0.29, 0.717) is 16.6 Å². The molecule has 0 radical (unpaired) electrons. The average molecular weight is 397 g/mol. The van der Waals surface area contributed by atoms with Gasteiger partial charge >= 0.3 is 146 Å². The summed E-state index contributed by atoms with van der Waals surface area (Å²) in [6.45, 7) is 5.72. The van der Waals surface area contributed by atoms with Gasteiger partial charge in [0.2, 0.25) is 0 Å². The zero-order valence-corrected chi connectivity index (χ0v) is 16.0. The van der Waals surface area contributed by atoms with E-state index in [-0.39, 0.29) is 33.7 Å². The SMILES string of the molecule is CCc1c([Se]c2cc(C)cc(C)c2)n(OCCO)c(=O)n(C)c1=O. The zero-order chi connectivity index (χ0) is 17.9. The number of aromatic nitrogens is 2. The fraction of sp³-hybridized carbons (Fsp3) is 0.412. The first-order chi connectivity index (χ1) is 11.4. The standard InChI is InChI=1S/C17H22N2O4Se/c1-5-14-15(21)18(4)17(22)19(23-7-6-20)16(14)24-13-9-11(2)8-12(3)10-13/h8-10,20H,5-7H2,1-4H3. The van der Waals surface area contributed by atoms with Crippen molar-refractivity contribution >= 4 is 24.0 Å². The van der Waals surface area contributed by atoms with Crippen molar-refractivity contribution in [2.75, 3.05) is 13.2 Å². The Morgan fingerprint density at radius 3 is 2.33 bits per heavy atom. The molecule has 0 amide bonds. The van der Waals surface area contributed by atoms with Crippen molar-refractivity contribution < 1.29 is 9.94 Å². The first-order valence-electron chi connectivity index (χ1n) is 7.74. The second-order valence-electron chi connectivity index (χ2n) is 5.56. The summed E-state index contributed by atoms with van der Waals surface area (Å²) in [7, 11) is 1.44. The molecule has 0 atom stereocenters. The summed E-state index contributed by atoms with van der Waals surface area (Å²) in [5.41, 5.74) is 2.05. The van der Waals surface area contributed by atoms with Gasteiger partial charge in [-0.05, 0) is 0 Å². The quantitative estimate of drug-likeness (QED) is 0.622. The molecule has 1 N–H and O–H groups in total. The van der Waals surface area contributed by atoms with Gasteiger partial charge < -0.3 is 0 Å². The Morgan fingerprint density at radius 1 is 1.17 bits per heavy atom. The summed E-state index contributed by atoms with van der Waals surface area (Å²) in [6.07, 6.45) is 0.511. The molecule has 0 aliphatic rings. The van der Waals surface area contributed by atoms with Crippen LogP contribution in [0.2, 0.25) is 0 Å². The van der Waals surface area contributed by atoms with Crippen molar-refractivity contribution in [1.29, 1.82) is 0 Å². The van der Waals surface area contributed by atoms with Crippen LogP contribution in [0.15, 0.2) is 27.8 Å². The van der Waals surface area contributed by atoms with E-state index in [2.05, 4.69) is 18.2 Å². The topological polar surface area (TPSA) is 73.5 Å². The maximum absolute atomic E-state index is 12.4. The van der Waals surface area contributed by atoms with Gasteiger partial charge in [0.1, 0.15) is 0 Å². The number of aliphatic hydroxyl groups is 1. The minimum atomic E-state index is -0.521. The molecule has 7 heteroatoms. The molecule has 1 aromatic heterocycles. The molecule has 6 nitrogen and oxygen atoms in total. The molecule has 0 aliphatic heterocycles. The zero-order valence-electron chi connectivity index (χ0n) is 14.3. The van der Waals surface area contributed by atoms with Crippen LogP contribution in [0.3, 0.4) is 0 Å². The Kier molecular flexibility index (Phi) is 6.04. The molecule has 0 bridgehead atoms. The molecule has 0 saturated carbocycles. The van der Waals surface area contributed by atoms with Crippen LogP contribution in [-0.2, 0) is 13.5 Å². The van der Waals surface area contributed by atoms with Crippen molar-refractivity contribution in [2.45, 2.75) is 27.2 Å². The second kappa shape index (κ2) is 7.83. The van der Waals surface area contributed by atoms with Gasteiger partial charge in [0.05, 0.1) is 0 Å². The van der Waals surface area contributed by atoms with Gasteiger partial charge in [-0.15, -0.1) is 0 Å². The van der Waals surface area contributed by atoms with Gasteiger partial charge in [0, 0.05) is 0 Å². The van der Waals surface area contributed by atoms with E-state index >= 15 is 0 Å². The first-order valence-corrected chi connectivity index (χ1v) is 9.45. The third kappa shape index (κ3) is 3.80. The van der Waals surface area contributed by atoms with Crippen LogP contribution in [0, 0.1) is 13.8 Å². The van der Waals surface area contributed by atoms with E-state index in [4.69, 9.17) is 9.94 Å². The van der Waals surface area contributed by atoms with Crippen LogP contribution in [0.5, 0.6) is 0 Å². The van der Waals surface area contributed by atoms with E-state index in [0.717, 1.165) is 20.2 Å². The molecule has 24 heavy (non-hydrogen) atoms. The third-order valence-electron chi connectivity index (χ3n) is 3.54. The third-order valence-corrected chi connectivity index (χ3v) is 5.80. The average Bonchev–Trinajstić information content (AvgIpc) is 2.52. The van der Waals surface area contributed by atoms with Gasteiger partial charge in [-0.1, -0.05) is 0 Å². The number of aliphatic hydroxyl groups excluding tert-OH is 1. The molecule has 0 fully saturated rings. The Morgan fingerprint density at radius 2 is 1.79 bits per heavy atom. The van der Waals surface area contributed by atoms with Crippen molar-refractivity contribution in [1.82, 2.24) is 9.30 Å². The van der Waals surface area contributed by atoms with Crippen LogP contribution in [-0.4, -0.2) is 42.6 Å². The fourth-order valence-corrected chi connectivity index (χ4v) is 5.17. The van der Waals surface area contributed by atoms with E-state index < -0.39 is 5.69 Å². The molecule has 0 saturated heterocycles. The molecule has 2 rings (SSSR count). The van der Waals surface area contributed by atoms with E-state index in [1.54, 1.807) is 0 Å². The molecule has 1 heterocycles. The maximum atomic E-state index is 12.4. The van der Waals surface area contributed by atoms with Gasteiger partial charge in [0.15, 0.2) is 0 Å². The Hall–Kier alpha value is -1.82. The molecule has 0 aliphatic carbocycles. The van der Waals surface area contributed by atoms with Crippen molar-refractivity contribution in [3.8, 4) is 0 Å². The number of benzene rings is 1. The predicted octanol–water partition coefficient (Wildman–Crippen LogP) is -1.20. The van der Waals surface area contributed by atoms with Gasteiger partial charge in [0.25, 0.3) is 0 Å². The number of nitrogens with zero attached hydrogens (tertiary/aromatic N) is 2. The Bertz CT molecular complexity index is 835. The van der Waals surface area contributed by atoms with Crippen molar-refractivity contribution in [3.63, 3.8) is 0 Å². The van der Waals surface area contributed by atoms with E-state index in [1.807, 2.05) is 20.8 Å². The first kappa shape index (κ1) is 18.5. The number of hydrogen-bond acceptors (Lipinski definition) is 4. The van der Waals surface area contributed by atoms with E-state index in [1.165, 1.54) is 11.8 Å². The van der Waals surface area contributed by atoms with Crippen molar-refractivity contribution in [3.05, 3.63) is 55.7 Å². The molecule has 1 aromatic carbocycles. The van der Waals surface area contributed by atoms with Crippen LogP contribution in [0.1, 0.15) is 23.6 Å². The van der Waals surface area contributed by atoms with E-state index in [9.17, 15) is 9.59 Å². The summed E-state index contributed by atoms with van der Waals surface area (Å²) in [4.78, 5) is 30.3. The molecule has 130 valence electrons. The summed E-state index contributed by atoms with van der Waals surface area (Å²) in [6, 6.07) is 6.20. The fourth-order valence-electron chi connectivity index (χ4n) is 2.48. The molecule has 0 spiro atoms. The molecular weight excluding hydrogens is 375 g/mol. The Balaban J connectivity index is 2.65. The molecule has 0 unspecified atom stereocenters.